The van der Waals surface area contributed by atoms with Crippen LogP contribution in [0.25, 0.3) is 0 Å². The molecule has 0 aromatic heterocycles. The number of benzene rings is 2. The van der Waals surface area contributed by atoms with Crippen LogP contribution in [0.3, 0.4) is 0 Å². The Bertz CT molecular complexity index is 863. The lowest BCUT2D eigenvalue weighted by Crippen LogP contribution is -2.30. The predicted octanol–water partition coefficient (Wildman–Crippen LogP) is 3.68. The van der Waals surface area contributed by atoms with Gasteiger partial charge in [0.25, 0.3) is 0 Å². The Morgan fingerprint density at radius 3 is 2.68 bits per heavy atom. The highest BCUT2D eigenvalue weighted by atomic mass is 35.5. The number of likely N-dealkylation sites (tertiary alicyclic amines) is 1. The summed E-state index contributed by atoms with van der Waals surface area (Å²) in [5, 5.41) is 0.870. The molecule has 1 aliphatic carbocycles. The minimum Gasteiger partial charge on any atom is -0.760 e. The van der Waals surface area contributed by atoms with Crippen LogP contribution in [0, 0.1) is 11.8 Å². The first kappa shape index (κ1) is 20.0. The number of nitrogens with one attached hydrogen (secondary N) is 1. The molecule has 1 saturated heterocycles. The second-order valence-corrected chi connectivity index (χ2v) is 9.37. The SMILES string of the molecule is CC1(c2cccc(CNS(=O)[O-])c2)C2CN(CCCc3ccccc3Cl)CC21. The summed E-state index contributed by atoms with van der Waals surface area (Å²) in [6.45, 7) is 6.13. The van der Waals surface area contributed by atoms with Gasteiger partial charge in [-0.1, -0.05) is 61.0 Å². The van der Waals surface area contributed by atoms with Crippen LogP contribution in [0.5, 0.6) is 0 Å². The van der Waals surface area contributed by atoms with Crippen molar-refractivity contribution >= 4 is 22.9 Å². The molecule has 4 nitrogen and oxygen atoms in total. The van der Waals surface area contributed by atoms with Gasteiger partial charge in [0.1, 0.15) is 0 Å². The van der Waals surface area contributed by atoms with Crippen molar-refractivity contribution in [2.24, 2.45) is 11.8 Å². The van der Waals surface area contributed by atoms with Gasteiger partial charge in [-0.25, -0.2) is 4.72 Å². The van der Waals surface area contributed by atoms with E-state index in [0.717, 1.165) is 43.1 Å². The van der Waals surface area contributed by atoms with Gasteiger partial charge in [0.2, 0.25) is 0 Å². The van der Waals surface area contributed by atoms with Gasteiger partial charge in [0.15, 0.2) is 0 Å². The number of fused-ring (bicyclic) bond motifs is 1. The van der Waals surface area contributed by atoms with Gasteiger partial charge < -0.3 is 9.45 Å². The van der Waals surface area contributed by atoms with E-state index < -0.39 is 11.3 Å². The van der Waals surface area contributed by atoms with Crippen molar-refractivity contribution in [1.82, 2.24) is 9.62 Å². The third-order valence-corrected chi connectivity index (χ3v) is 7.40. The Kier molecular flexibility index (Phi) is 5.91. The van der Waals surface area contributed by atoms with E-state index in [2.05, 4.69) is 40.8 Å². The van der Waals surface area contributed by atoms with E-state index in [9.17, 15) is 8.76 Å². The number of aryl methyl sites for hydroxylation is 1. The number of hydrogen-bond acceptors (Lipinski definition) is 3. The Labute approximate surface area is 174 Å². The van der Waals surface area contributed by atoms with Crippen LogP contribution in [0.4, 0.5) is 0 Å². The normalized spacial score (nSPS) is 27.5. The molecule has 2 aliphatic rings. The minimum absolute atomic E-state index is 0.228. The molecule has 0 bridgehead atoms. The number of nitrogens with zero attached hydrogens (tertiary/aromatic N) is 1. The van der Waals surface area contributed by atoms with Crippen molar-refractivity contribution in [3.8, 4) is 0 Å². The van der Waals surface area contributed by atoms with Gasteiger partial charge >= 0.3 is 0 Å². The monoisotopic (exact) mass is 417 g/mol. The van der Waals surface area contributed by atoms with Crippen LogP contribution in [-0.4, -0.2) is 33.3 Å². The molecule has 1 saturated carbocycles. The molecule has 0 amide bonds. The summed E-state index contributed by atoms with van der Waals surface area (Å²) >= 11 is 4.03. The van der Waals surface area contributed by atoms with Crippen molar-refractivity contribution in [2.75, 3.05) is 19.6 Å². The fourth-order valence-corrected chi connectivity index (χ4v) is 5.44. The van der Waals surface area contributed by atoms with E-state index in [1.165, 1.54) is 11.1 Å². The van der Waals surface area contributed by atoms with Gasteiger partial charge in [-0.2, -0.15) is 0 Å². The Morgan fingerprint density at radius 2 is 1.96 bits per heavy atom. The first-order chi connectivity index (χ1) is 13.5. The third-order valence-electron chi connectivity index (χ3n) is 6.65. The molecule has 1 heterocycles. The molecular formula is C22H26ClN2O2S-. The molecule has 3 atom stereocenters. The largest absolute Gasteiger partial charge is 0.760 e. The molecule has 1 N–H and O–H groups in total. The minimum atomic E-state index is -2.22. The van der Waals surface area contributed by atoms with Gasteiger partial charge in [-0.15, -0.1) is 0 Å². The summed E-state index contributed by atoms with van der Waals surface area (Å²) in [5.41, 5.74) is 3.83. The predicted molar refractivity (Wildman–Crippen MR) is 113 cm³/mol. The highest BCUT2D eigenvalue weighted by Gasteiger charge is 2.65. The van der Waals surface area contributed by atoms with Gasteiger partial charge in [0, 0.05) is 41.3 Å². The lowest BCUT2D eigenvalue weighted by atomic mass is 9.91. The summed E-state index contributed by atoms with van der Waals surface area (Å²) in [6.07, 6.45) is 2.16. The van der Waals surface area contributed by atoms with Crippen molar-refractivity contribution in [2.45, 2.75) is 31.7 Å². The van der Waals surface area contributed by atoms with Crippen LogP contribution in [-0.2, 0) is 29.6 Å². The Hall–Kier alpha value is -1.24. The summed E-state index contributed by atoms with van der Waals surface area (Å²) in [7, 11) is 0. The van der Waals surface area contributed by atoms with Crippen molar-refractivity contribution in [3.63, 3.8) is 0 Å². The molecule has 1 aliphatic heterocycles. The number of halogens is 1. The average Bonchev–Trinajstić information content (AvgIpc) is 3.03. The Morgan fingerprint density at radius 1 is 1.21 bits per heavy atom. The second-order valence-electron chi connectivity index (χ2n) is 8.21. The average molecular weight is 418 g/mol. The molecule has 0 radical (unpaired) electrons. The zero-order valence-electron chi connectivity index (χ0n) is 16.1. The summed E-state index contributed by atoms with van der Waals surface area (Å²) in [5.74, 6) is 1.40. The fraction of sp³-hybridized carbons (Fsp3) is 0.455. The van der Waals surface area contributed by atoms with Crippen molar-refractivity contribution in [1.29, 1.82) is 0 Å². The molecular weight excluding hydrogens is 392 g/mol. The van der Waals surface area contributed by atoms with Crippen LogP contribution in [0.1, 0.15) is 30.0 Å². The van der Waals surface area contributed by atoms with E-state index in [1.807, 2.05) is 24.3 Å². The molecule has 2 aromatic carbocycles. The number of piperidine rings is 1. The van der Waals surface area contributed by atoms with Gasteiger partial charge in [-0.3, -0.25) is 4.21 Å². The summed E-state index contributed by atoms with van der Waals surface area (Å²) in [4.78, 5) is 2.58. The van der Waals surface area contributed by atoms with Crippen molar-refractivity contribution in [3.05, 3.63) is 70.2 Å². The van der Waals surface area contributed by atoms with Crippen LogP contribution < -0.4 is 4.72 Å². The second kappa shape index (κ2) is 8.25. The zero-order valence-corrected chi connectivity index (χ0v) is 17.6. The molecule has 150 valence electrons. The maximum absolute atomic E-state index is 10.7. The molecule has 2 aromatic rings. The number of rotatable bonds is 8. The fourth-order valence-electron chi connectivity index (χ4n) is 4.93. The van der Waals surface area contributed by atoms with Crippen LogP contribution >= 0.6 is 11.6 Å². The molecule has 0 spiro atoms. The van der Waals surface area contributed by atoms with E-state index in [0.29, 0.717) is 18.4 Å². The first-order valence-electron chi connectivity index (χ1n) is 9.86. The van der Waals surface area contributed by atoms with Crippen LogP contribution in [0.2, 0.25) is 5.02 Å². The summed E-state index contributed by atoms with van der Waals surface area (Å²) < 4.78 is 23.9. The Balaban J connectivity index is 1.30. The lowest BCUT2D eigenvalue weighted by molar-refractivity contribution is 0.274. The highest BCUT2D eigenvalue weighted by molar-refractivity contribution is 7.77. The molecule has 28 heavy (non-hydrogen) atoms. The lowest BCUT2D eigenvalue weighted by Gasteiger charge is -2.25. The topological polar surface area (TPSA) is 55.4 Å². The number of hydrogen-bond donors (Lipinski definition) is 1. The summed E-state index contributed by atoms with van der Waals surface area (Å²) in [6, 6.07) is 16.5. The quantitative estimate of drug-likeness (QED) is 0.666. The maximum Gasteiger partial charge on any atom is 0.0437 e. The smallest absolute Gasteiger partial charge is 0.0437 e. The van der Waals surface area contributed by atoms with E-state index >= 15 is 0 Å². The van der Waals surface area contributed by atoms with E-state index in [-0.39, 0.29) is 5.41 Å². The molecule has 3 unspecified atom stereocenters. The van der Waals surface area contributed by atoms with E-state index in [1.54, 1.807) is 0 Å². The highest BCUT2D eigenvalue weighted by Crippen LogP contribution is 2.63. The van der Waals surface area contributed by atoms with Gasteiger partial charge in [-0.05, 0) is 54.0 Å². The maximum atomic E-state index is 10.7. The third kappa shape index (κ3) is 4.05. The van der Waals surface area contributed by atoms with Gasteiger partial charge in [0.05, 0.1) is 0 Å². The first-order valence-corrected chi connectivity index (χ1v) is 11.3. The van der Waals surface area contributed by atoms with E-state index in [4.69, 9.17) is 11.6 Å². The molecule has 4 rings (SSSR count). The van der Waals surface area contributed by atoms with Crippen molar-refractivity contribution < 1.29 is 8.76 Å². The standard InChI is InChI=1S/C22H27ClN2O2S/c1-22(18-9-4-6-16(12-18)13-24-28(26)27)19-14-25(15-20(19)22)11-5-8-17-7-2-3-10-21(17)23/h2-4,6-7,9-10,12,19-20,24H,5,8,11,13-15H2,1H3,(H,26,27)/p-1. The molecule has 2 fully saturated rings. The molecule has 6 heteroatoms. The van der Waals surface area contributed by atoms with Crippen LogP contribution in [0.15, 0.2) is 48.5 Å². The zero-order chi connectivity index (χ0) is 19.7.